The maximum absolute atomic E-state index is 13.4. The normalized spacial score (nSPS) is 19.2. The molecule has 0 bridgehead atoms. The van der Waals surface area contributed by atoms with E-state index >= 15 is 0 Å². The highest BCUT2D eigenvalue weighted by atomic mass is 32.2. The van der Waals surface area contributed by atoms with Crippen LogP contribution in [-0.4, -0.2) is 21.9 Å². The van der Waals surface area contributed by atoms with E-state index in [4.69, 9.17) is 0 Å². The summed E-state index contributed by atoms with van der Waals surface area (Å²) in [6.07, 6.45) is 0. The molecule has 1 heterocycles. The van der Waals surface area contributed by atoms with Gasteiger partial charge in [0.1, 0.15) is 0 Å². The number of benzene rings is 2. The summed E-state index contributed by atoms with van der Waals surface area (Å²) in [7, 11) is 0. The second kappa shape index (κ2) is 6.71. The van der Waals surface area contributed by atoms with Gasteiger partial charge in [0.15, 0.2) is 11.6 Å². The molecule has 2 atom stereocenters. The van der Waals surface area contributed by atoms with Crippen LogP contribution in [0.1, 0.15) is 24.0 Å². The van der Waals surface area contributed by atoms with E-state index in [2.05, 4.69) is 6.92 Å². The van der Waals surface area contributed by atoms with Crippen molar-refractivity contribution in [1.29, 1.82) is 0 Å². The number of amides is 1. The first-order valence-electron chi connectivity index (χ1n) is 7.46. The topological polar surface area (TPSA) is 20.3 Å². The van der Waals surface area contributed by atoms with E-state index < -0.39 is 11.6 Å². The summed E-state index contributed by atoms with van der Waals surface area (Å²) in [5.41, 5.74) is 1.76. The molecule has 0 spiro atoms. The van der Waals surface area contributed by atoms with Gasteiger partial charge in [0.25, 0.3) is 0 Å². The lowest BCUT2D eigenvalue weighted by Gasteiger charge is -2.29. The Hall–Kier alpha value is -1.88. The van der Waals surface area contributed by atoms with Crippen LogP contribution >= 0.6 is 11.8 Å². The summed E-state index contributed by atoms with van der Waals surface area (Å²) >= 11 is 1.60. The van der Waals surface area contributed by atoms with Crippen molar-refractivity contribution < 1.29 is 13.6 Å². The van der Waals surface area contributed by atoms with Crippen LogP contribution in [0.3, 0.4) is 0 Å². The van der Waals surface area contributed by atoms with Crippen LogP contribution in [0.4, 0.5) is 8.78 Å². The largest absolute Gasteiger partial charge is 0.325 e. The quantitative estimate of drug-likeness (QED) is 0.837. The first-order valence-corrected chi connectivity index (χ1v) is 8.51. The summed E-state index contributed by atoms with van der Waals surface area (Å²) in [6.45, 7) is 2.38. The van der Waals surface area contributed by atoms with Crippen molar-refractivity contribution in [2.45, 2.75) is 24.8 Å². The van der Waals surface area contributed by atoms with Crippen molar-refractivity contribution in [1.82, 2.24) is 4.90 Å². The summed E-state index contributed by atoms with van der Waals surface area (Å²) in [5.74, 6) is -1.13. The van der Waals surface area contributed by atoms with Gasteiger partial charge in [-0.2, -0.15) is 0 Å². The zero-order valence-electron chi connectivity index (χ0n) is 12.7. The first-order chi connectivity index (χ1) is 11.1. The van der Waals surface area contributed by atoms with Crippen molar-refractivity contribution in [3.63, 3.8) is 0 Å². The molecular weight excluding hydrogens is 316 g/mol. The summed E-state index contributed by atoms with van der Waals surface area (Å²) in [5, 5.41) is -0.00184. The molecule has 0 aromatic heterocycles. The molecule has 0 saturated carbocycles. The molecule has 0 aliphatic carbocycles. The molecular formula is C18H17F2NOS. The van der Waals surface area contributed by atoms with Crippen LogP contribution < -0.4 is 0 Å². The van der Waals surface area contributed by atoms with Gasteiger partial charge in [0.05, 0.1) is 11.1 Å². The number of carbonyl (C=O) groups is 1. The number of hydrogen-bond donors (Lipinski definition) is 0. The van der Waals surface area contributed by atoms with Crippen molar-refractivity contribution in [2.75, 3.05) is 5.75 Å². The zero-order chi connectivity index (χ0) is 16.4. The third-order valence-corrected chi connectivity index (χ3v) is 5.51. The van der Waals surface area contributed by atoms with Gasteiger partial charge < -0.3 is 4.90 Å². The molecule has 1 aliphatic heterocycles. The van der Waals surface area contributed by atoms with E-state index in [1.165, 1.54) is 6.07 Å². The predicted octanol–water partition coefficient (Wildman–Crippen LogP) is 4.17. The van der Waals surface area contributed by atoms with Gasteiger partial charge in [-0.1, -0.05) is 43.3 Å². The van der Waals surface area contributed by atoms with E-state index in [9.17, 15) is 13.6 Å². The molecule has 2 aromatic rings. The van der Waals surface area contributed by atoms with Crippen LogP contribution in [0.2, 0.25) is 0 Å². The number of hydrogen-bond acceptors (Lipinski definition) is 2. The van der Waals surface area contributed by atoms with Gasteiger partial charge in [0.2, 0.25) is 5.91 Å². The van der Waals surface area contributed by atoms with Crippen LogP contribution in [0.5, 0.6) is 0 Å². The average molecular weight is 333 g/mol. The molecule has 2 aromatic carbocycles. The predicted molar refractivity (Wildman–Crippen MR) is 88.0 cm³/mol. The minimum Gasteiger partial charge on any atom is -0.325 e. The molecule has 2 nitrogen and oxygen atoms in total. The fourth-order valence-corrected chi connectivity index (χ4v) is 4.12. The molecule has 2 unspecified atom stereocenters. The average Bonchev–Trinajstić information content (AvgIpc) is 2.92. The van der Waals surface area contributed by atoms with E-state index in [1.54, 1.807) is 16.7 Å². The summed E-state index contributed by atoms with van der Waals surface area (Å²) in [6, 6.07) is 13.8. The third kappa shape index (κ3) is 3.39. The zero-order valence-corrected chi connectivity index (χ0v) is 13.5. The van der Waals surface area contributed by atoms with Gasteiger partial charge >= 0.3 is 0 Å². The summed E-state index contributed by atoms with van der Waals surface area (Å²) < 4.78 is 26.4. The Morgan fingerprint density at radius 1 is 1.17 bits per heavy atom. The second-order valence-electron chi connectivity index (χ2n) is 5.67. The Kier molecular flexibility index (Phi) is 4.66. The number of carbonyl (C=O) groups excluding carboxylic acids is 1. The van der Waals surface area contributed by atoms with E-state index in [1.807, 2.05) is 30.3 Å². The minimum absolute atomic E-state index is 0.00184. The smallest absolute Gasteiger partial charge is 0.233 e. The fraction of sp³-hybridized carbons (Fsp3) is 0.278. The Morgan fingerprint density at radius 2 is 1.91 bits per heavy atom. The maximum Gasteiger partial charge on any atom is 0.233 e. The lowest BCUT2D eigenvalue weighted by Crippen LogP contribution is -2.35. The van der Waals surface area contributed by atoms with E-state index in [0.29, 0.717) is 17.9 Å². The highest BCUT2D eigenvalue weighted by molar-refractivity contribution is 8.01. The Labute approximate surface area is 138 Å². The van der Waals surface area contributed by atoms with Crippen LogP contribution in [0.25, 0.3) is 0 Å². The Balaban J connectivity index is 1.81. The van der Waals surface area contributed by atoms with Gasteiger partial charge in [0, 0.05) is 12.5 Å². The first kappa shape index (κ1) is 16.0. The third-order valence-electron chi connectivity index (χ3n) is 4.10. The van der Waals surface area contributed by atoms with Crippen molar-refractivity contribution in [3.8, 4) is 0 Å². The van der Waals surface area contributed by atoms with Crippen LogP contribution in [0, 0.1) is 11.6 Å². The number of halogens is 2. The van der Waals surface area contributed by atoms with E-state index in [0.717, 1.165) is 17.7 Å². The van der Waals surface area contributed by atoms with Crippen molar-refractivity contribution >= 4 is 17.7 Å². The molecule has 1 saturated heterocycles. The monoisotopic (exact) mass is 333 g/mol. The Bertz CT molecular complexity index is 707. The van der Waals surface area contributed by atoms with Crippen LogP contribution in [-0.2, 0) is 11.3 Å². The van der Waals surface area contributed by atoms with Gasteiger partial charge in [-0.25, -0.2) is 8.78 Å². The molecule has 0 N–H and O–H groups in total. The number of thioether (sulfide) groups is 1. The standard InChI is InChI=1S/C18H17F2NOS/c1-12(14-5-3-2-4-6-14)18-21(17(22)11-23-18)10-13-7-8-15(19)16(20)9-13/h2-9,12,18H,10-11H2,1H3. The van der Waals surface area contributed by atoms with Gasteiger partial charge in [-0.05, 0) is 23.3 Å². The minimum atomic E-state index is -0.880. The molecule has 5 heteroatoms. The van der Waals surface area contributed by atoms with Crippen molar-refractivity contribution in [3.05, 3.63) is 71.3 Å². The molecule has 1 fully saturated rings. The highest BCUT2D eigenvalue weighted by Gasteiger charge is 2.35. The SMILES string of the molecule is CC(c1ccccc1)C1SCC(=O)N1Cc1ccc(F)c(F)c1. The lowest BCUT2D eigenvalue weighted by atomic mass is 10.00. The van der Waals surface area contributed by atoms with E-state index in [-0.39, 0.29) is 17.2 Å². The Morgan fingerprint density at radius 3 is 2.61 bits per heavy atom. The van der Waals surface area contributed by atoms with Crippen LogP contribution in [0.15, 0.2) is 48.5 Å². The fourth-order valence-electron chi connectivity index (χ4n) is 2.82. The second-order valence-corrected chi connectivity index (χ2v) is 6.78. The molecule has 120 valence electrons. The van der Waals surface area contributed by atoms with Crippen molar-refractivity contribution in [2.24, 2.45) is 0 Å². The molecule has 1 amide bonds. The molecule has 0 radical (unpaired) electrons. The number of rotatable bonds is 4. The number of nitrogens with zero attached hydrogens (tertiary/aromatic N) is 1. The highest BCUT2D eigenvalue weighted by Crippen LogP contribution is 2.37. The lowest BCUT2D eigenvalue weighted by molar-refractivity contribution is -0.128. The summed E-state index contributed by atoms with van der Waals surface area (Å²) in [4.78, 5) is 14.0. The van der Waals surface area contributed by atoms with Gasteiger partial charge in [-0.3, -0.25) is 4.79 Å². The maximum atomic E-state index is 13.4. The molecule has 23 heavy (non-hydrogen) atoms. The van der Waals surface area contributed by atoms with Gasteiger partial charge in [-0.15, -0.1) is 11.8 Å². The molecule has 3 rings (SSSR count). The molecule has 1 aliphatic rings.